The van der Waals surface area contributed by atoms with Crippen molar-refractivity contribution < 1.29 is 14.0 Å². The third-order valence-electron chi connectivity index (χ3n) is 6.48. The first kappa shape index (κ1) is 23.6. The number of amides is 1. The van der Waals surface area contributed by atoms with Crippen molar-refractivity contribution in [1.82, 2.24) is 4.90 Å². The molecule has 1 amide bonds. The number of nitrogen functional groups attached to an aromatic ring is 1. The Morgan fingerprint density at radius 1 is 0.912 bits per heavy atom. The number of hydrogen-bond acceptors (Lipinski definition) is 4. The van der Waals surface area contributed by atoms with Gasteiger partial charge in [0.25, 0.3) is 5.91 Å². The molecule has 1 aliphatic heterocycles. The fourth-order valence-corrected chi connectivity index (χ4v) is 4.36. The zero-order chi connectivity index (χ0) is 24.1. The Kier molecular flexibility index (Phi) is 7.38. The van der Waals surface area contributed by atoms with Crippen molar-refractivity contribution >= 4 is 23.1 Å². The first-order valence-electron chi connectivity index (χ1n) is 11.7. The van der Waals surface area contributed by atoms with Gasteiger partial charge in [0.2, 0.25) is 0 Å². The summed E-state index contributed by atoms with van der Waals surface area (Å²) in [6.45, 7) is 4.85. The van der Waals surface area contributed by atoms with Crippen LogP contribution in [0.15, 0.2) is 72.8 Å². The van der Waals surface area contributed by atoms with Crippen molar-refractivity contribution in [2.75, 3.05) is 36.8 Å². The molecule has 0 bridgehead atoms. The molecule has 2 N–H and O–H groups in total. The van der Waals surface area contributed by atoms with Crippen molar-refractivity contribution in [2.45, 2.75) is 19.8 Å². The number of hydrogen-bond donors (Lipinski definition) is 1. The summed E-state index contributed by atoms with van der Waals surface area (Å²) >= 11 is 0. The zero-order valence-corrected chi connectivity index (χ0v) is 19.4. The standard InChI is InChI=1S/C28H30FN3O2/c1-20-2-12-26(13-3-20)32(28(34)23-6-10-25(30)11-7-23)19-18-31-16-14-22(15-17-31)27(33)21-4-8-24(29)9-5-21/h2-13,22H,14-19,30H2,1H3. The van der Waals surface area contributed by atoms with Gasteiger partial charge in [0.05, 0.1) is 0 Å². The first-order chi connectivity index (χ1) is 16.4. The number of likely N-dealkylation sites (tertiary alicyclic amines) is 1. The summed E-state index contributed by atoms with van der Waals surface area (Å²) in [5.74, 6) is -0.367. The van der Waals surface area contributed by atoms with Crippen LogP contribution in [0, 0.1) is 18.7 Å². The zero-order valence-electron chi connectivity index (χ0n) is 19.4. The quantitative estimate of drug-likeness (QED) is 0.401. The fraction of sp³-hybridized carbons (Fsp3) is 0.286. The highest BCUT2D eigenvalue weighted by atomic mass is 19.1. The molecule has 3 aromatic carbocycles. The number of carbonyl (C=O) groups excluding carboxylic acids is 2. The summed E-state index contributed by atoms with van der Waals surface area (Å²) in [5, 5.41) is 0. The van der Waals surface area contributed by atoms with Gasteiger partial charge in [0.1, 0.15) is 5.82 Å². The van der Waals surface area contributed by atoms with Gasteiger partial charge < -0.3 is 15.5 Å². The minimum absolute atomic E-state index is 0.0497. The van der Waals surface area contributed by atoms with Gasteiger partial charge in [-0.25, -0.2) is 4.39 Å². The molecule has 1 fully saturated rings. The maximum atomic E-state index is 13.3. The molecule has 1 saturated heterocycles. The van der Waals surface area contributed by atoms with Crippen LogP contribution in [0.2, 0.25) is 0 Å². The van der Waals surface area contributed by atoms with E-state index in [4.69, 9.17) is 5.73 Å². The normalized spacial score (nSPS) is 14.6. The van der Waals surface area contributed by atoms with Crippen molar-refractivity contribution in [3.05, 3.63) is 95.3 Å². The largest absolute Gasteiger partial charge is 0.399 e. The highest BCUT2D eigenvalue weighted by Gasteiger charge is 2.27. The average molecular weight is 460 g/mol. The molecule has 0 aliphatic carbocycles. The lowest BCUT2D eigenvalue weighted by atomic mass is 9.89. The lowest BCUT2D eigenvalue weighted by molar-refractivity contribution is 0.0841. The third-order valence-corrected chi connectivity index (χ3v) is 6.48. The predicted octanol–water partition coefficient (Wildman–Crippen LogP) is 4.96. The van der Waals surface area contributed by atoms with Crippen LogP contribution < -0.4 is 10.6 Å². The highest BCUT2D eigenvalue weighted by molar-refractivity contribution is 6.06. The topological polar surface area (TPSA) is 66.6 Å². The maximum Gasteiger partial charge on any atom is 0.258 e. The number of anilines is 2. The summed E-state index contributed by atoms with van der Waals surface area (Å²) in [6, 6.07) is 20.7. The van der Waals surface area contributed by atoms with Crippen LogP contribution in [0.25, 0.3) is 0 Å². The lowest BCUT2D eigenvalue weighted by Crippen LogP contribution is -2.42. The van der Waals surface area contributed by atoms with Crippen LogP contribution in [0.4, 0.5) is 15.8 Å². The molecule has 34 heavy (non-hydrogen) atoms. The molecule has 176 valence electrons. The Hall–Kier alpha value is -3.51. The molecular formula is C28H30FN3O2. The van der Waals surface area contributed by atoms with Crippen LogP contribution in [-0.2, 0) is 0 Å². The molecule has 0 radical (unpaired) electrons. The Morgan fingerprint density at radius 3 is 2.12 bits per heavy atom. The fourth-order valence-electron chi connectivity index (χ4n) is 4.36. The van der Waals surface area contributed by atoms with Gasteiger partial charge in [0, 0.05) is 41.5 Å². The van der Waals surface area contributed by atoms with E-state index in [0.717, 1.165) is 37.2 Å². The van der Waals surface area contributed by atoms with E-state index in [0.29, 0.717) is 29.9 Å². The highest BCUT2D eigenvalue weighted by Crippen LogP contribution is 2.23. The number of Topliss-reactive ketones (excluding diaryl/α,β-unsaturated/α-hetero) is 1. The van der Waals surface area contributed by atoms with Crippen LogP contribution in [0.1, 0.15) is 39.1 Å². The maximum absolute atomic E-state index is 13.3. The molecule has 0 spiro atoms. The molecule has 1 aliphatic rings. The number of piperidine rings is 1. The minimum atomic E-state index is -0.335. The number of rotatable bonds is 7. The van der Waals surface area contributed by atoms with E-state index in [9.17, 15) is 14.0 Å². The lowest BCUT2D eigenvalue weighted by Gasteiger charge is -2.33. The summed E-state index contributed by atoms with van der Waals surface area (Å²) in [5.41, 5.74) is 9.57. The van der Waals surface area contributed by atoms with Crippen LogP contribution in [0.3, 0.4) is 0 Å². The predicted molar refractivity (Wildman–Crippen MR) is 134 cm³/mol. The van der Waals surface area contributed by atoms with E-state index >= 15 is 0 Å². The second kappa shape index (κ2) is 10.6. The molecule has 4 rings (SSSR count). The smallest absolute Gasteiger partial charge is 0.258 e. The van der Waals surface area contributed by atoms with Crippen LogP contribution >= 0.6 is 0 Å². The Balaban J connectivity index is 1.39. The molecule has 6 heteroatoms. The Labute approximate surface area is 200 Å². The molecular weight excluding hydrogens is 429 g/mol. The molecule has 0 unspecified atom stereocenters. The number of halogens is 1. The van der Waals surface area contributed by atoms with Gasteiger partial charge in [-0.15, -0.1) is 0 Å². The van der Waals surface area contributed by atoms with E-state index in [1.165, 1.54) is 12.1 Å². The Morgan fingerprint density at radius 2 is 1.50 bits per heavy atom. The van der Waals surface area contributed by atoms with Crippen molar-refractivity contribution in [1.29, 1.82) is 0 Å². The van der Waals surface area contributed by atoms with E-state index in [1.54, 1.807) is 41.3 Å². The summed E-state index contributed by atoms with van der Waals surface area (Å²) in [7, 11) is 0. The summed E-state index contributed by atoms with van der Waals surface area (Å²) in [4.78, 5) is 30.2. The molecule has 5 nitrogen and oxygen atoms in total. The SMILES string of the molecule is Cc1ccc(N(CCN2CCC(C(=O)c3ccc(F)cc3)CC2)C(=O)c2ccc(N)cc2)cc1. The van der Waals surface area contributed by atoms with Gasteiger partial charge in [-0.3, -0.25) is 9.59 Å². The second-order valence-corrected chi connectivity index (χ2v) is 8.90. The third kappa shape index (κ3) is 5.69. The molecule has 3 aromatic rings. The number of ketones is 1. The van der Waals surface area contributed by atoms with Crippen LogP contribution in [0.5, 0.6) is 0 Å². The number of nitrogens with two attached hydrogens (primary N) is 1. The summed E-state index contributed by atoms with van der Waals surface area (Å²) < 4.78 is 13.2. The summed E-state index contributed by atoms with van der Waals surface area (Å²) in [6.07, 6.45) is 1.51. The van der Waals surface area contributed by atoms with E-state index in [-0.39, 0.29) is 23.4 Å². The number of benzene rings is 3. The van der Waals surface area contributed by atoms with Crippen LogP contribution in [-0.4, -0.2) is 42.8 Å². The van der Waals surface area contributed by atoms with Gasteiger partial charge in [-0.05, 0) is 93.5 Å². The second-order valence-electron chi connectivity index (χ2n) is 8.90. The monoisotopic (exact) mass is 459 g/mol. The molecule has 0 atom stereocenters. The first-order valence-corrected chi connectivity index (χ1v) is 11.7. The van der Waals surface area contributed by atoms with Gasteiger partial charge in [-0.1, -0.05) is 17.7 Å². The van der Waals surface area contributed by atoms with Crippen molar-refractivity contribution in [2.24, 2.45) is 5.92 Å². The van der Waals surface area contributed by atoms with Gasteiger partial charge in [-0.2, -0.15) is 0 Å². The average Bonchev–Trinajstić information content (AvgIpc) is 2.86. The number of carbonyl (C=O) groups is 2. The minimum Gasteiger partial charge on any atom is -0.399 e. The molecule has 0 aromatic heterocycles. The molecule has 1 heterocycles. The number of aryl methyl sites for hydroxylation is 1. The Bertz CT molecular complexity index is 1120. The van der Waals surface area contributed by atoms with Gasteiger partial charge in [0.15, 0.2) is 5.78 Å². The van der Waals surface area contributed by atoms with Crippen molar-refractivity contribution in [3.63, 3.8) is 0 Å². The number of nitrogens with zero attached hydrogens (tertiary/aromatic N) is 2. The van der Waals surface area contributed by atoms with E-state index in [2.05, 4.69) is 4.90 Å². The molecule has 0 saturated carbocycles. The van der Waals surface area contributed by atoms with Gasteiger partial charge >= 0.3 is 0 Å². The van der Waals surface area contributed by atoms with E-state index < -0.39 is 0 Å². The van der Waals surface area contributed by atoms with Crippen molar-refractivity contribution in [3.8, 4) is 0 Å². The van der Waals surface area contributed by atoms with E-state index in [1.807, 2.05) is 31.2 Å².